The number of rotatable bonds is 4. The fourth-order valence-corrected chi connectivity index (χ4v) is 3.44. The van der Waals surface area contributed by atoms with Crippen LogP contribution in [0.5, 0.6) is 0 Å². The molecule has 1 heterocycles. The lowest BCUT2D eigenvalue weighted by molar-refractivity contribution is 0.619. The molecule has 0 fully saturated rings. The van der Waals surface area contributed by atoms with Crippen molar-refractivity contribution in [3.8, 4) is 22.4 Å². The second kappa shape index (κ2) is 7.47. The van der Waals surface area contributed by atoms with Crippen LogP contribution in [0.15, 0.2) is 66.9 Å². The van der Waals surface area contributed by atoms with Crippen molar-refractivity contribution in [2.45, 2.75) is 19.8 Å². The lowest BCUT2D eigenvalue weighted by atomic mass is 9.97. The van der Waals surface area contributed by atoms with Gasteiger partial charge in [-0.3, -0.25) is 4.98 Å². The zero-order chi connectivity index (χ0) is 19.7. The molecule has 0 N–H and O–H groups in total. The Morgan fingerprint density at radius 2 is 1.50 bits per heavy atom. The molecule has 4 rings (SSSR count). The summed E-state index contributed by atoms with van der Waals surface area (Å²) in [4.78, 5) is 4.19. The molecule has 0 radical (unpaired) electrons. The highest BCUT2D eigenvalue weighted by molar-refractivity contribution is 5.95. The van der Waals surface area contributed by atoms with Gasteiger partial charge in [-0.25, -0.2) is 13.2 Å². The number of hydrogen-bond acceptors (Lipinski definition) is 1. The second-order valence-electron chi connectivity index (χ2n) is 6.79. The van der Waals surface area contributed by atoms with Crippen molar-refractivity contribution in [1.29, 1.82) is 0 Å². The van der Waals surface area contributed by atoms with Crippen LogP contribution in [-0.2, 0) is 6.42 Å². The van der Waals surface area contributed by atoms with Gasteiger partial charge in [0.05, 0.1) is 11.9 Å². The fraction of sp³-hybridized carbons (Fsp3) is 0.125. The Balaban J connectivity index is 1.84. The lowest BCUT2D eigenvalue weighted by Gasteiger charge is -2.10. The van der Waals surface area contributed by atoms with Crippen molar-refractivity contribution in [2.75, 3.05) is 0 Å². The Labute approximate surface area is 161 Å². The van der Waals surface area contributed by atoms with Crippen molar-refractivity contribution in [3.63, 3.8) is 0 Å². The molecular formula is C24H18F3N. The minimum absolute atomic E-state index is 0.153. The Morgan fingerprint density at radius 3 is 2.25 bits per heavy atom. The Hall–Kier alpha value is -3.14. The van der Waals surface area contributed by atoms with Gasteiger partial charge in [-0.05, 0) is 53.9 Å². The van der Waals surface area contributed by atoms with E-state index in [9.17, 15) is 13.2 Å². The number of hydrogen-bond donors (Lipinski definition) is 0. The first-order valence-electron chi connectivity index (χ1n) is 9.20. The molecule has 28 heavy (non-hydrogen) atoms. The average Bonchev–Trinajstić information content (AvgIpc) is 2.70. The SMILES string of the molecule is CCCc1ccc(-c2cc(-c3ncc(F)c4cc(F)ccc34)ccc2F)cc1. The number of benzene rings is 3. The average molecular weight is 377 g/mol. The van der Waals surface area contributed by atoms with Gasteiger partial charge in [-0.2, -0.15) is 0 Å². The molecule has 4 heteroatoms. The molecule has 1 aromatic heterocycles. The minimum Gasteiger partial charge on any atom is -0.253 e. The highest BCUT2D eigenvalue weighted by Crippen LogP contribution is 2.33. The van der Waals surface area contributed by atoms with E-state index in [1.165, 1.54) is 23.8 Å². The predicted octanol–water partition coefficient (Wildman–Crippen LogP) is 6.94. The third-order valence-corrected chi connectivity index (χ3v) is 4.84. The predicted molar refractivity (Wildman–Crippen MR) is 106 cm³/mol. The maximum atomic E-state index is 14.5. The van der Waals surface area contributed by atoms with Crippen LogP contribution in [0.3, 0.4) is 0 Å². The van der Waals surface area contributed by atoms with Crippen LogP contribution in [0, 0.1) is 17.5 Å². The maximum absolute atomic E-state index is 14.5. The van der Waals surface area contributed by atoms with E-state index < -0.39 is 11.6 Å². The van der Waals surface area contributed by atoms with Gasteiger partial charge in [-0.15, -0.1) is 0 Å². The van der Waals surface area contributed by atoms with Crippen LogP contribution in [0.4, 0.5) is 13.2 Å². The van der Waals surface area contributed by atoms with Gasteiger partial charge in [0.15, 0.2) is 0 Å². The zero-order valence-corrected chi connectivity index (χ0v) is 15.3. The fourth-order valence-electron chi connectivity index (χ4n) is 3.44. The summed E-state index contributed by atoms with van der Waals surface area (Å²) in [7, 11) is 0. The summed E-state index contributed by atoms with van der Waals surface area (Å²) < 4.78 is 42.1. The van der Waals surface area contributed by atoms with Crippen molar-refractivity contribution >= 4 is 10.8 Å². The molecular weight excluding hydrogens is 359 g/mol. The summed E-state index contributed by atoms with van der Waals surface area (Å²) >= 11 is 0. The summed E-state index contributed by atoms with van der Waals surface area (Å²) in [5.74, 6) is -1.45. The van der Waals surface area contributed by atoms with Crippen molar-refractivity contribution in [3.05, 3.63) is 89.9 Å². The molecule has 0 atom stereocenters. The van der Waals surface area contributed by atoms with Crippen molar-refractivity contribution in [2.24, 2.45) is 0 Å². The van der Waals surface area contributed by atoms with Gasteiger partial charge in [0, 0.05) is 21.9 Å². The molecule has 0 unspecified atom stereocenters. The number of aryl methyl sites for hydroxylation is 1. The Morgan fingerprint density at radius 1 is 0.750 bits per heavy atom. The highest BCUT2D eigenvalue weighted by atomic mass is 19.1. The zero-order valence-electron chi connectivity index (χ0n) is 15.3. The Bertz CT molecular complexity index is 1150. The van der Waals surface area contributed by atoms with Crippen molar-refractivity contribution < 1.29 is 13.2 Å². The molecule has 0 aliphatic rings. The van der Waals surface area contributed by atoms with E-state index >= 15 is 0 Å². The molecule has 140 valence electrons. The molecule has 0 aliphatic carbocycles. The van der Waals surface area contributed by atoms with Gasteiger partial charge in [0.1, 0.15) is 17.5 Å². The standard InChI is InChI=1S/C24H18F3N/c1-2-3-15-4-6-16(7-5-15)20-12-17(8-11-22(20)26)24-19-10-9-18(25)13-21(19)23(27)14-28-24/h4-14H,2-3H2,1H3. The number of fused-ring (bicyclic) bond motifs is 1. The molecule has 1 nitrogen and oxygen atoms in total. The van der Waals surface area contributed by atoms with Crippen LogP contribution in [0.25, 0.3) is 33.2 Å². The summed E-state index contributed by atoms with van der Waals surface area (Å²) in [5.41, 5.74) is 3.54. The number of pyridine rings is 1. The van der Waals surface area contributed by atoms with Gasteiger partial charge in [0.25, 0.3) is 0 Å². The van der Waals surface area contributed by atoms with Crippen LogP contribution in [0.1, 0.15) is 18.9 Å². The molecule has 0 aliphatic heterocycles. The topological polar surface area (TPSA) is 12.9 Å². The number of nitrogens with zero attached hydrogens (tertiary/aromatic N) is 1. The van der Waals surface area contributed by atoms with Gasteiger partial charge >= 0.3 is 0 Å². The smallest absolute Gasteiger partial charge is 0.149 e. The summed E-state index contributed by atoms with van der Waals surface area (Å²) in [6.45, 7) is 2.11. The molecule has 3 aromatic carbocycles. The van der Waals surface area contributed by atoms with E-state index in [4.69, 9.17) is 0 Å². The van der Waals surface area contributed by atoms with E-state index in [0.717, 1.165) is 30.7 Å². The molecule has 0 bridgehead atoms. The van der Waals surface area contributed by atoms with Crippen LogP contribution >= 0.6 is 0 Å². The van der Waals surface area contributed by atoms with Crippen LogP contribution < -0.4 is 0 Å². The maximum Gasteiger partial charge on any atom is 0.149 e. The normalized spacial score (nSPS) is 11.1. The quantitative estimate of drug-likeness (QED) is 0.375. The third kappa shape index (κ3) is 3.38. The molecule has 0 saturated heterocycles. The number of aromatic nitrogens is 1. The van der Waals surface area contributed by atoms with Gasteiger partial charge in [-0.1, -0.05) is 37.6 Å². The minimum atomic E-state index is -0.591. The summed E-state index contributed by atoms with van der Waals surface area (Å²) in [6.07, 6.45) is 3.09. The molecule has 0 saturated carbocycles. The Kier molecular flexibility index (Phi) is 4.86. The van der Waals surface area contributed by atoms with Gasteiger partial charge in [0.2, 0.25) is 0 Å². The van der Waals surface area contributed by atoms with Crippen molar-refractivity contribution in [1.82, 2.24) is 4.98 Å². The van der Waals surface area contributed by atoms with E-state index in [0.29, 0.717) is 22.2 Å². The highest BCUT2D eigenvalue weighted by Gasteiger charge is 2.13. The summed E-state index contributed by atoms with van der Waals surface area (Å²) in [6, 6.07) is 16.4. The first-order valence-corrected chi connectivity index (χ1v) is 9.20. The van der Waals surface area contributed by atoms with E-state index in [-0.39, 0.29) is 11.2 Å². The molecule has 0 amide bonds. The monoisotopic (exact) mass is 377 g/mol. The van der Waals surface area contributed by atoms with Gasteiger partial charge < -0.3 is 0 Å². The van der Waals surface area contributed by atoms with Crippen LogP contribution in [0.2, 0.25) is 0 Å². The number of halogens is 3. The third-order valence-electron chi connectivity index (χ3n) is 4.84. The van der Waals surface area contributed by atoms with Crippen LogP contribution in [-0.4, -0.2) is 4.98 Å². The lowest BCUT2D eigenvalue weighted by Crippen LogP contribution is -1.93. The van der Waals surface area contributed by atoms with E-state index in [2.05, 4.69) is 11.9 Å². The summed E-state index contributed by atoms with van der Waals surface area (Å²) in [5, 5.41) is 0.636. The molecule has 4 aromatic rings. The second-order valence-corrected chi connectivity index (χ2v) is 6.79. The first-order chi connectivity index (χ1) is 13.6. The first kappa shape index (κ1) is 18.2. The van der Waals surface area contributed by atoms with E-state index in [1.807, 2.05) is 24.3 Å². The van der Waals surface area contributed by atoms with E-state index in [1.54, 1.807) is 12.1 Å². The molecule has 0 spiro atoms. The largest absolute Gasteiger partial charge is 0.253 e.